The minimum Gasteiger partial charge on any atom is -0.507 e. The molecule has 0 aliphatic carbocycles. The minimum absolute atomic E-state index is 0.00810. The number of carbonyl (C=O) groups excluding carboxylic acids is 2. The fourth-order valence-corrected chi connectivity index (χ4v) is 4.00. The summed E-state index contributed by atoms with van der Waals surface area (Å²) >= 11 is 3.31. The van der Waals surface area contributed by atoms with Crippen LogP contribution in [0.2, 0.25) is 0 Å². The molecule has 10 heteroatoms. The summed E-state index contributed by atoms with van der Waals surface area (Å²) in [6, 6.07) is 11.1. The molecule has 33 heavy (non-hydrogen) atoms. The number of ketones is 1. The van der Waals surface area contributed by atoms with E-state index in [1.165, 1.54) is 29.2 Å². The number of aliphatic carboxylic acids is 1. The molecule has 0 saturated carbocycles. The van der Waals surface area contributed by atoms with Crippen molar-refractivity contribution in [2.45, 2.75) is 31.7 Å². The summed E-state index contributed by atoms with van der Waals surface area (Å²) in [5, 5.41) is 30.8. The Kier molecular flexibility index (Phi) is 7.59. The zero-order valence-corrected chi connectivity index (χ0v) is 19.0. The van der Waals surface area contributed by atoms with Gasteiger partial charge in [-0.3, -0.25) is 24.5 Å². The number of halogens is 1. The van der Waals surface area contributed by atoms with Gasteiger partial charge in [-0.25, -0.2) is 0 Å². The number of amides is 1. The number of aliphatic hydroxyl groups excluding tert-OH is 1. The fraction of sp³-hybridized carbons (Fsp3) is 0.261. The average molecular weight is 517 g/mol. The van der Waals surface area contributed by atoms with E-state index in [2.05, 4.69) is 15.9 Å². The third-order valence-corrected chi connectivity index (χ3v) is 5.90. The Hall–Kier alpha value is -3.53. The third-order valence-electron chi connectivity index (χ3n) is 5.37. The number of benzene rings is 2. The van der Waals surface area contributed by atoms with E-state index < -0.39 is 28.6 Å². The molecule has 1 aliphatic rings. The van der Waals surface area contributed by atoms with E-state index in [-0.39, 0.29) is 30.0 Å². The number of Topliss-reactive ketones (excluding diaryl/α,β-unsaturated/α-hetero) is 1. The molecule has 2 aromatic rings. The molecule has 1 saturated heterocycles. The maximum atomic E-state index is 12.9. The Labute approximate surface area is 197 Å². The lowest BCUT2D eigenvalue weighted by Crippen LogP contribution is -2.30. The highest BCUT2D eigenvalue weighted by Gasteiger charge is 2.45. The maximum Gasteiger partial charge on any atom is 0.303 e. The van der Waals surface area contributed by atoms with Crippen LogP contribution in [0.1, 0.15) is 42.9 Å². The summed E-state index contributed by atoms with van der Waals surface area (Å²) in [4.78, 5) is 48.3. The highest BCUT2D eigenvalue weighted by atomic mass is 79.9. The molecule has 0 spiro atoms. The number of non-ortho nitro benzene ring substituents is 1. The number of carboxylic acid groups (broad SMARTS) is 1. The van der Waals surface area contributed by atoms with Gasteiger partial charge in [0.15, 0.2) is 0 Å². The van der Waals surface area contributed by atoms with Crippen molar-refractivity contribution in [3.05, 3.63) is 79.8 Å². The highest BCUT2D eigenvalue weighted by molar-refractivity contribution is 9.10. The molecule has 1 fully saturated rings. The Morgan fingerprint density at radius 3 is 2.21 bits per heavy atom. The van der Waals surface area contributed by atoms with Gasteiger partial charge in [0, 0.05) is 35.1 Å². The Balaban J connectivity index is 1.99. The number of carboxylic acids is 1. The molecule has 2 N–H and O–H groups in total. The standard InChI is InChI=1S/C23H21BrN2O7/c24-16-9-5-15(6-10-16)21(29)19-20(14-7-11-17(12-8-14)26(32)33)25(23(31)22(19)30)13-3-1-2-4-18(27)28/h5-12,20,29H,1-4,13H2,(H,27,28)/b21-19+. The predicted octanol–water partition coefficient (Wildman–Crippen LogP) is 4.42. The topological polar surface area (TPSA) is 138 Å². The van der Waals surface area contributed by atoms with Crippen LogP contribution in [0.25, 0.3) is 5.76 Å². The van der Waals surface area contributed by atoms with Crippen LogP contribution in [-0.2, 0) is 14.4 Å². The lowest BCUT2D eigenvalue weighted by Gasteiger charge is -2.25. The number of hydrogen-bond donors (Lipinski definition) is 2. The lowest BCUT2D eigenvalue weighted by atomic mass is 9.95. The summed E-state index contributed by atoms with van der Waals surface area (Å²) in [5.41, 5.74) is 0.563. The molecular formula is C23H21BrN2O7. The monoisotopic (exact) mass is 516 g/mol. The van der Waals surface area contributed by atoms with E-state index in [0.29, 0.717) is 30.4 Å². The molecule has 172 valence electrons. The zero-order valence-electron chi connectivity index (χ0n) is 17.4. The largest absolute Gasteiger partial charge is 0.507 e. The normalized spacial score (nSPS) is 17.4. The lowest BCUT2D eigenvalue weighted by molar-refractivity contribution is -0.384. The smallest absolute Gasteiger partial charge is 0.303 e. The third kappa shape index (κ3) is 5.46. The van der Waals surface area contributed by atoms with Gasteiger partial charge in [0.2, 0.25) is 0 Å². The van der Waals surface area contributed by atoms with Crippen LogP contribution in [0.4, 0.5) is 5.69 Å². The number of likely N-dealkylation sites (tertiary alicyclic amines) is 1. The first-order valence-corrected chi connectivity index (χ1v) is 11.0. The van der Waals surface area contributed by atoms with E-state index in [1.54, 1.807) is 24.3 Å². The van der Waals surface area contributed by atoms with Gasteiger partial charge in [-0.2, -0.15) is 0 Å². The maximum absolute atomic E-state index is 12.9. The Morgan fingerprint density at radius 2 is 1.64 bits per heavy atom. The number of nitro groups is 1. The second-order valence-electron chi connectivity index (χ2n) is 7.55. The summed E-state index contributed by atoms with van der Waals surface area (Å²) < 4.78 is 0.771. The van der Waals surface area contributed by atoms with Crippen LogP contribution >= 0.6 is 15.9 Å². The first kappa shape index (κ1) is 24.1. The Morgan fingerprint density at radius 1 is 1.00 bits per heavy atom. The molecule has 0 radical (unpaired) electrons. The number of hydrogen-bond acceptors (Lipinski definition) is 6. The average Bonchev–Trinajstić information content (AvgIpc) is 3.03. The zero-order chi connectivity index (χ0) is 24.1. The van der Waals surface area contributed by atoms with E-state index in [0.717, 1.165) is 4.47 Å². The molecule has 2 aromatic carbocycles. The van der Waals surface area contributed by atoms with Crippen molar-refractivity contribution >= 4 is 45.0 Å². The van der Waals surface area contributed by atoms with Gasteiger partial charge in [-0.15, -0.1) is 0 Å². The van der Waals surface area contributed by atoms with Crippen LogP contribution in [0.5, 0.6) is 0 Å². The molecule has 3 rings (SSSR count). The van der Waals surface area contributed by atoms with E-state index in [4.69, 9.17) is 5.11 Å². The quantitative estimate of drug-likeness (QED) is 0.125. The fourth-order valence-electron chi connectivity index (χ4n) is 3.73. The second kappa shape index (κ2) is 10.4. The molecule has 0 aromatic heterocycles. The van der Waals surface area contributed by atoms with Crippen molar-refractivity contribution in [2.24, 2.45) is 0 Å². The van der Waals surface area contributed by atoms with Gasteiger partial charge in [0.25, 0.3) is 17.4 Å². The van der Waals surface area contributed by atoms with Crippen molar-refractivity contribution in [1.29, 1.82) is 0 Å². The van der Waals surface area contributed by atoms with Crippen LogP contribution in [0, 0.1) is 10.1 Å². The first-order chi connectivity index (χ1) is 15.7. The number of nitro benzene ring substituents is 1. The Bertz CT molecular complexity index is 1110. The molecular weight excluding hydrogens is 496 g/mol. The number of nitrogens with zero attached hydrogens (tertiary/aromatic N) is 2. The molecule has 1 aliphatic heterocycles. The van der Waals surface area contributed by atoms with Crippen molar-refractivity contribution in [3.8, 4) is 0 Å². The van der Waals surface area contributed by atoms with Gasteiger partial charge >= 0.3 is 5.97 Å². The SMILES string of the molecule is O=C(O)CCCCCN1C(=O)C(=O)/C(=C(/O)c2ccc(Br)cc2)C1c1ccc([N+](=O)[O-])cc1. The second-order valence-corrected chi connectivity index (χ2v) is 8.47. The molecule has 9 nitrogen and oxygen atoms in total. The van der Waals surface area contributed by atoms with Crippen LogP contribution in [0.3, 0.4) is 0 Å². The van der Waals surface area contributed by atoms with Crippen molar-refractivity contribution in [1.82, 2.24) is 4.90 Å². The predicted molar refractivity (Wildman–Crippen MR) is 122 cm³/mol. The van der Waals surface area contributed by atoms with Gasteiger partial charge in [0.1, 0.15) is 5.76 Å². The molecule has 1 heterocycles. The van der Waals surface area contributed by atoms with Crippen molar-refractivity contribution < 1.29 is 29.5 Å². The summed E-state index contributed by atoms with van der Waals surface area (Å²) in [6.45, 7) is 0.170. The van der Waals surface area contributed by atoms with E-state index >= 15 is 0 Å². The van der Waals surface area contributed by atoms with Gasteiger partial charge in [-0.1, -0.05) is 34.5 Å². The first-order valence-electron chi connectivity index (χ1n) is 10.2. The number of unbranched alkanes of at least 4 members (excludes halogenated alkanes) is 2. The molecule has 0 bridgehead atoms. The van der Waals surface area contributed by atoms with Gasteiger partial charge in [-0.05, 0) is 42.7 Å². The van der Waals surface area contributed by atoms with Gasteiger partial charge < -0.3 is 15.1 Å². The highest BCUT2D eigenvalue weighted by Crippen LogP contribution is 2.40. The van der Waals surface area contributed by atoms with Crippen LogP contribution in [0.15, 0.2) is 58.6 Å². The number of rotatable bonds is 9. The van der Waals surface area contributed by atoms with E-state index in [9.17, 15) is 29.6 Å². The van der Waals surface area contributed by atoms with Crippen molar-refractivity contribution in [2.75, 3.05) is 6.54 Å². The van der Waals surface area contributed by atoms with Crippen molar-refractivity contribution in [3.63, 3.8) is 0 Å². The summed E-state index contributed by atoms with van der Waals surface area (Å²) in [5.74, 6) is -2.87. The summed E-state index contributed by atoms with van der Waals surface area (Å²) in [7, 11) is 0. The number of carbonyl (C=O) groups is 3. The molecule has 1 amide bonds. The van der Waals surface area contributed by atoms with Crippen LogP contribution in [-0.4, -0.2) is 44.2 Å². The summed E-state index contributed by atoms with van der Waals surface area (Å²) in [6.07, 6.45) is 1.44. The van der Waals surface area contributed by atoms with Gasteiger partial charge in [0.05, 0.1) is 16.5 Å². The van der Waals surface area contributed by atoms with Crippen LogP contribution < -0.4 is 0 Å². The number of aliphatic hydroxyl groups is 1. The van der Waals surface area contributed by atoms with E-state index in [1.807, 2.05) is 0 Å². The molecule has 1 atom stereocenters. The minimum atomic E-state index is -0.922. The molecule has 1 unspecified atom stereocenters.